The zero-order chi connectivity index (χ0) is 24.1. The van der Waals surface area contributed by atoms with Crippen molar-refractivity contribution >= 4 is 57.8 Å². The van der Waals surface area contributed by atoms with Crippen molar-refractivity contribution in [2.45, 2.75) is 27.4 Å². The van der Waals surface area contributed by atoms with Gasteiger partial charge in [0.05, 0.1) is 15.9 Å². The second kappa shape index (κ2) is 11.1. The number of nitriles is 1. The molecule has 1 aromatic heterocycles. The molecule has 6 nitrogen and oxygen atoms in total. The van der Waals surface area contributed by atoms with Crippen molar-refractivity contribution in [3.63, 3.8) is 0 Å². The van der Waals surface area contributed by atoms with Gasteiger partial charge in [-0.3, -0.25) is 4.79 Å². The molecule has 9 heteroatoms. The summed E-state index contributed by atoms with van der Waals surface area (Å²) in [5.41, 5.74) is 2.74. The smallest absolute Gasteiger partial charge is 0.289 e. The van der Waals surface area contributed by atoms with Crippen LogP contribution in [0.3, 0.4) is 0 Å². The minimum absolute atomic E-state index is 0.0407. The fourth-order valence-corrected chi connectivity index (χ4v) is 4.36. The van der Waals surface area contributed by atoms with Crippen LogP contribution in [0.1, 0.15) is 34.2 Å². The van der Waals surface area contributed by atoms with Crippen molar-refractivity contribution in [2.75, 3.05) is 6.61 Å². The number of rotatable bonds is 7. The molecule has 33 heavy (non-hydrogen) atoms. The van der Waals surface area contributed by atoms with E-state index in [0.29, 0.717) is 45.1 Å². The zero-order valence-electron chi connectivity index (χ0n) is 18.2. The number of hydrogen-bond acceptors (Lipinski definition) is 5. The van der Waals surface area contributed by atoms with Crippen molar-refractivity contribution in [1.82, 2.24) is 9.78 Å². The molecule has 0 aliphatic rings. The molecule has 0 spiro atoms. The fourth-order valence-electron chi connectivity index (χ4n) is 3.12. The molecule has 0 fully saturated rings. The van der Waals surface area contributed by atoms with E-state index in [1.807, 2.05) is 19.1 Å². The van der Waals surface area contributed by atoms with Crippen LogP contribution in [-0.4, -0.2) is 22.3 Å². The fraction of sp³-hybridized carbons (Fsp3) is 0.208. The number of halogens is 3. The Balaban J connectivity index is 1.93. The van der Waals surface area contributed by atoms with E-state index in [0.717, 1.165) is 9.13 Å². The van der Waals surface area contributed by atoms with Crippen molar-refractivity contribution in [1.29, 1.82) is 5.26 Å². The standard InChI is InChI=1S/C24H20Cl2IN3O3/c1-4-32-22-10-16(8-18(12-28)24(31)30-15(3)7-14(2)29-30)9-21(27)23(22)33-13-17-5-6-19(25)11-20(17)26/h5-11H,4,13H2,1-3H3/b18-8+. The van der Waals surface area contributed by atoms with Crippen molar-refractivity contribution in [2.24, 2.45) is 0 Å². The summed E-state index contributed by atoms with van der Waals surface area (Å²) in [7, 11) is 0. The molecule has 3 aromatic rings. The van der Waals surface area contributed by atoms with Crippen LogP contribution in [0, 0.1) is 28.7 Å². The van der Waals surface area contributed by atoms with Crippen LogP contribution in [-0.2, 0) is 6.61 Å². The Hall–Kier alpha value is -2.54. The van der Waals surface area contributed by atoms with Gasteiger partial charge in [-0.1, -0.05) is 29.3 Å². The topological polar surface area (TPSA) is 77.1 Å². The zero-order valence-corrected chi connectivity index (χ0v) is 21.8. The van der Waals surface area contributed by atoms with Gasteiger partial charge in [-0.2, -0.15) is 10.4 Å². The Morgan fingerprint density at radius 2 is 1.97 bits per heavy atom. The average molecular weight is 596 g/mol. The summed E-state index contributed by atoms with van der Waals surface area (Å²) in [6.45, 7) is 6.06. The van der Waals surface area contributed by atoms with E-state index in [2.05, 4.69) is 27.7 Å². The third kappa shape index (κ3) is 6.08. The van der Waals surface area contributed by atoms with Gasteiger partial charge in [0.1, 0.15) is 18.2 Å². The molecule has 0 bridgehead atoms. The predicted octanol–water partition coefficient (Wildman–Crippen LogP) is 6.64. The van der Waals surface area contributed by atoms with Gasteiger partial charge in [0, 0.05) is 21.3 Å². The summed E-state index contributed by atoms with van der Waals surface area (Å²) in [6.07, 6.45) is 1.52. The first-order valence-electron chi connectivity index (χ1n) is 9.96. The molecule has 0 atom stereocenters. The van der Waals surface area contributed by atoms with Crippen LogP contribution >= 0.6 is 45.8 Å². The maximum absolute atomic E-state index is 12.8. The lowest BCUT2D eigenvalue weighted by molar-refractivity contribution is 0.0943. The van der Waals surface area contributed by atoms with Crippen molar-refractivity contribution in [3.05, 3.63) is 78.1 Å². The van der Waals surface area contributed by atoms with Gasteiger partial charge in [0.25, 0.3) is 5.91 Å². The van der Waals surface area contributed by atoms with E-state index in [-0.39, 0.29) is 12.2 Å². The van der Waals surface area contributed by atoms with E-state index < -0.39 is 5.91 Å². The lowest BCUT2D eigenvalue weighted by Crippen LogP contribution is -2.15. The number of hydrogen-bond donors (Lipinski definition) is 0. The van der Waals surface area contributed by atoms with Gasteiger partial charge in [-0.15, -0.1) is 0 Å². The van der Waals surface area contributed by atoms with Crippen LogP contribution in [0.25, 0.3) is 6.08 Å². The number of carbonyl (C=O) groups is 1. The number of carbonyl (C=O) groups excluding carboxylic acids is 1. The Morgan fingerprint density at radius 1 is 1.21 bits per heavy atom. The number of aromatic nitrogens is 2. The van der Waals surface area contributed by atoms with E-state index in [1.54, 1.807) is 44.2 Å². The average Bonchev–Trinajstić information content (AvgIpc) is 3.10. The highest BCUT2D eigenvalue weighted by Crippen LogP contribution is 2.36. The van der Waals surface area contributed by atoms with Gasteiger partial charge in [0.15, 0.2) is 11.5 Å². The molecular weight excluding hydrogens is 576 g/mol. The molecule has 0 N–H and O–H groups in total. The first-order chi connectivity index (χ1) is 15.7. The van der Waals surface area contributed by atoms with Crippen LogP contribution in [0.15, 0.2) is 42.0 Å². The van der Waals surface area contributed by atoms with Gasteiger partial charge in [0.2, 0.25) is 0 Å². The summed E-state index contributed by atoms with van der Waals surface area (Å²) in [4.78, 5) is 12.8. The minimum Gasteiger partial charge on any atom is -0.490 e. The number of nitrogens with zero attached hydrogens (tertiary/aromatic N) is 3. The summed E-state index contributed by atoms with van der Waals surface area (Å²) in [5, 5.41) is 14.8. The van der Waals surface area contributed by atoms with E-state index in [1.165, 1.54) is 10.8 Å². The molecule has 0 saturated carbocycles. The summed E-state index contributed by atoms with van der Waals surface area (Å²) >= 11 is 14.3. The first kappa shape index (κ1) is 25.1. The molecule has 0 amide bonds. The van der Waals surface area contributed by atoms with Crippen molar-refractivity contribution in [3.8, 4) is 17.6 Å². The molecule has 170 valence electrons. The Morgan fingerprint density at radius 3 is 2.58 bits per heavy atom. The second-order valence-electron chi connectivity index (χ2n) is 7.10. The Bertz CT molecular complexity index is 1280. The molecular formula is C24H20Cl2IN3O3. The van der Waals surface area contributed by atoms with Crippen LogP contribution in [0.4, 0.5) is 0 Å². The maximum atomic E-state index is 12.8. The predicted molar refractivity (Wildman–Crippen MR) is 137 cm³/mol. The number of ether oxygens (including phenoxy) is 2. The van der Waals surface area contributed by atoms with E-state index in [9.17, 15) is 10.1 Å². The number of aryl methyl sites for hydroxylation is 2. The maximum Gasteiger partial charge on any atom is 0.289 e. The summed E-state index contributed by atoms with van der Waals surface area (Å²) in [6, 6.07) is 12.5. The summed E-state index contributed by atoms with van der Waals surface area (Å²) < 4.78 is 13.8. The van der Waals surface area contributed by atoms with Gasteiger partial charge >= 0.3 is 0 Å². The third-order valence-corrected chi connectivity index (χ3v) is 5.97. The summed E-state index contributed by atoms with van der Waals surface area (Å²) in [5.74, 6) is 0.550. The van der Waals surface area contributed by atoms with Crippen LogP contribution in [0.2, 0.25) is 10.0 Å². The van der Waals surface area contributed by atoms with E-state index in [4.69, 9.17) is 32.7 Å². The molecule has 0 saturated heterocycles. The minimum atomic E-state index is -0.492. The monoisotopic (exact) mass is 595 g/mol. The van der Waals surface area contributed by atoms with E-state index >= 15 is 0 Å². The van der Waals surface area contributed by atoms with Crippen LogP contribution < -0.4 is 9.47 Å². The van der Waals surface area contributed by atoms with Crippen LogP contribution in [0.5, 0.6) is 11.5 Å². The molecule has 0 aliphatic carbocycles. The normalized spacial score (nSPS) is 11.2. The van der Waals surface area contributed by atoms with Crippen molar-refractivity contribution < 1.29 is 14.3 Å². The SMILES string of the molecule is CCOc1cc(/C=C(\C#N)C(=O)n2nc(C)cc2C)cc(I)c1OCc1ccc(Cl)cc1Cl. The molecule has 1 heterocycles. The molecule has 2 aromatic carbocycles. The number of allylic oxidation sites excluding steroid dienone is 1. The van der Waals surface area contributed by atoms with Gasteiger partial charge < -0.3 is 9.47 Å². The number of benzene rings is 2. The molecule has 0 aliphatic heterocycles. The lowest BCUT2D eigenvalue weighted by atomic mass is 10.1. The molecule has 3 rings (SSSR count). The quantitative estimate of drug-likeness (QED) is 0.174. The van der Waals surface area contributed by atoms with Gasteiger partial charge in [-0.25, -0.2) is 4.68 Å². The second-order valence-corrected chi connectivity index (χ2v) is 9.11. The third-order valence-electron chi connectivity index (χ3n) is 4.58. The highest BCUT2D eigenvalue weighted by atomic mass is 127. The highest BCUT2D eigenvalue weighted by molar-refractivity contribution is 14.1. The Kier molecular flexibility index (Phi) is 8.40. The molecule has 0 unspecified atom stereocenters. The first-order valence-corrected chi connectivity index (χ1v) is 11.8. The Labute approximate surface area is 215 Å². The molecule has 0 radical (unpaired) electrons. The highest BCUT2D eigenvalue weighted by Gasteiger charge is 2.18. The lowest BCUT2D eigenvalue weighted by Gasteiger charge is -2.15. The van der Waals surface area contributed by atoms with Gasteiger partial charge in [-0.05, 0) is 85.3 Å². The largest absolute Gasteiger partial charge is 0.490 e.